The van der Waals surface area contributed by atoms with Crippen LogP contribution in [0.15, 0.2) is 33.9 Å². The van der Waals surface area contributed by atoms with E-state index in [-0.39, 0.29) is 6.61 Å². The molecule has 0 amide bonds. The molecule has 148 valence electrons. The Morgan fingerprint density at radius 1 is 1.14 bits per heavy atom. The van der Waals surface area contributed by atoms with Crippen LogP contribution in [0.4, 0.5) is 0 Å². The highest BCUT2D eigenvalue weighted by molar-refractivity contribution is 6.30. The fourth-order valence-electron chi connectivity index (χ4n) is 4.23. The molecule has 1 saturated carbocycles. The molecule has 8 heteroatoms. The number of rotatable bonds is 4. The number of aromatic nitrogens is 3. The summed E-state index contributed by atoms with van der Waals surface area (Å²) in [6.07, 6.45) is 3.04. The van der Waals surface area contributed by atoms with Crippen LogP contribution in [0.25, 0.3) is 0 Å². The van der Waals surface area contributed by atoms with E-state index in [1.54, 1.807) is 4.57 Å². The molecule has 0 bridgehead atoms. The third-order valence-corrected chi connectivity index (χ3v) is 6.26. The van der Waals surface area contributed by atoms with E-state index in [1.807, 2.05) is 24.3 Å². The molecule has 3 heterocycles. The Kier molecular flexibility index (Phi) is 4.41. The fourth-order valence-corrected chi connectivity index (χ4v) is 4.36. The number of halogens is 1. The highest BCUT2D eigenvalue weighted by atomic mass is 35.5. The van der Waals surface area contributed by atoms with Crippen molar-refractivity contribution in [2.75, 3.05) is 13.1 Å². The minimum absolute atomic E-state index is 0.273. The molecule has 2 aromatic rings. The van der Waals surface area contributed by atoms with Crippen molar-refractivity contribution in [3.05, 3.63) is 61.4 Å². The lowest BCUT2D eigenvalue weighted by Gasteiger charge is -2.35. The molecule has 1 atom stereocenters. The number of nitrogens with zero attached hydrogens (tertiary/aromatic N) is 4. The summed E-state index contributed by atoms with van der Waals surface area (Å²) in [5.41, 5.74) is -0.215. The molecule has 2 aliphatic heterocycles. The molecular weight excluding hydrogens is 380 g/mol. The highest BCUT2D eigenvalue weighted by Gasteiger charge is 2.43. The molecule has 7 nitrogen and oxygen atoms in total. The Morgan fingerprint density at radius 3 is 2.68 bits per heavy atom. The van der Waals surface area contributed by atoms with Gasteiger partial charge in [0.15, 0.2) is 5.82 Å². The van der Waals surface area contributed by atoms with Crippen molar-refractivity contribution < 1.29 is 4.74 Å². The molecule has 1 saturated heterocycles. The van der Waals surface area contributed by atoms with Crippen molar-refractivity contribution in [1.29, 1.82) is 0 Å². The standard InChI is InChI=1S/C20H23ClN4O3/c21-16-5-3-14(4-6-16)9-23-8-7-20(12-23)13-24-17(11-28-20)22-25(10-15-1-2-15)19(27)18(24)26/h3-6,15H,1-2,7-13H2/t20-/m1/s1. The topological polar surface area (TPSA) is 69.4 Å². The third-order valence-electron chi connectivity index (χ3n) is 6.01. The second kappa shape index (κ2) is 6.83. The van der Waals surface area contributed by atoms with Gasteiger partial charge in [0.1, 0.15) is 12.2 Å². The molecule has 0 radical (unpaired) electrons. The molecule has 0 N–H and O–H groups in total. The molecular formula is C20H23ClN4O3. The molecule has 28 heavy (non-hydrogen) atoms. The summed E-state index contributed by atoms with van der Waals surface area (Å²) in [7, 11) is 0. The van der Waals surface area contributed by atoms with Gasteiger partial charge in [-0.25, -0.2) is 4.68 Å². The highest BCUT2D eigenvalue weighted by Crippen LogP contribution is 2.32. The third kappa shape index (κ3) is 3.43. The summed E-state index contributed by atoms with van der Waals surface area (Å²) in [6, 6.07) is 7.85. The largest absolute Gasteiger partial charge is 0.364 e. The minimum Gasteiger partial charge on any atom is -0.364 e. The lowest BCUT2D eigenvalue weighted by Crippen LogP contribution is -2.53. The number of likely N-dealkylation sites (tertiary alicyclic amines) is 1. The first-order valence-electron chi connectivity index (χ1n) is 9.83. The van der Waals surface area contributed by atoms with Crippen LogP contribution in [-0.4, -0.2) is 37.9 Å². The predicted octanol–water partition coefficient (Wildman–Crippen LogP) is 1.64. The summed E-state index contributed by atoms with van der Waals surface area (Å²) in [5, 5.41) is 5.15. The summed E-state index contributed by atoms with van der Waals surface area (Å²) in [5.74, 6) is 1.05. The molecule has 1 aromatic carbocycles. The maximum absolute atomic E-state index is 12.7. The Labute approximate surface area is 167 Å². The van der Waals surface area contributed by atoms with Gasteiger partial charge in [0.2, 0.25) is 0 Å². The van der Waals surface area contributed by atoms with Gasteiger partial charge in [-0.1, -0.05) is 23.7 Å². The molecule has 1 aliphatic carbocycles. The van der Waals surface area contributed by atoms with E-state index >= 15 is 0 Å². The number of hydrogen-bond acceptors (Lipinski definition) is 5. The van der Waals surface area contributed by atoms with Crippen molar-refractivity contribution in [1.82, 2.24) is 19.2 Å². The van der Waals surface area contributed by atoms with E-state index in [0.717, 1.165) is 43.9 Å². The normalized spacial score (nSPS) is 24.6. The Morgan fingerprint density at radius 2 is 1.93 bits per heavy atom. The number of fused-ring (bicyclic) bond motifs is 1. The maximum atomic E-state index is 12.7. The maximum Gasteiger partial charge on any atom is 0.332 e. The van der Waals surface area contributed by atoms with Crippen LogP contribution in [0.3, 0.4) is 0 Å². The summed E-state index contributed by atoms with van der Waals surface area (Å²) >= 11 is 5.96. The smallest absolute Gasteiger partial charge is 0.332 e. The second-order valence-corrected chi connectivity index (χ2v) is 8.73. The molecule has 2 fully saturated rings. The second-order valence-electron chi connectivity index (χ2n) is 8.30. The van der Waals surface area contributed by atoms with E-state index < -0.39 is 16.7 Å². The van der Waals surface area contributed by atoms with Crippen molar-refractivity contribution in [3.63, 3.8) is 0 Å². The fraction of sp³-hybridized carbons (Fsp3) is 0.550. The van der Waals surface area contributed by atoms with E-state index in [1.165, 1.54) is 10.2 Å². The van der Waals surface area contributed by atoms with Crippen molar-refractivity contribution in [2.24, 2.45) is 5.92 Å². The first-order chi connectivity index (χ1) is 13.5. The Hall–Kier alpha value is -1.96. The van der Waals surface area contributed by atoms with Gasteiger partial charge in [-0.05, 0) is 42.9 Å². The van der Waals surface area contributed by atoms with Gasteiger partial charge < -0.3 is 4.74 Å². The zero-order chi connectivity index (χ0) is 19.3. The van der Waals surface area contributed by atoms with Gasteiger partial charge in [-0.3, -0.25) is 19.1 Å². The lowest BCUT2D eigenvalue weighted by molar-refractivity contribution is -0.0859. The van der Waals surface area contributed by atoms with Gasteiger partial charge in [-0.15, -0.1) is 0 Å². The molecule has 3 aliphatic rings. The van der Waals surface area contributed by atoms with E-state index in [0.29, 0.717) is 24.8 Å². The lowest BCUT2D eigenvalue weighted by atomic mass is 10.0. The predicted molar refractivity (Wildman–Crippen MR) is 104 cm³/mol. The first kappa shape index (κ1) is 18.1. The van der Waals surface area contributed by atoms with E-state index in [2.05, 4.69) is 10.00 Å². The minimum atomic E-state index is -0.510. The monoisotopic (exact) mass is 402 g/mol. The van der Waals surface area contributed by atoms with Gasteiger partial charge in [-0.2, -0.15) is 5.10 Å². The quantitative estimate of drug-likeness (QED) is 0.727. The van der Waals surface area contributed by atoms with Crippen LogP contribution >= 0.6 is 11.6 Å². The Balaban J connectivity index is 1.34. The van der Waals surface area contributed by atoms with Crippen LogP contribution in [0, 0.1) is 5.92 Å². The Bertz CT molecular complexity index is 1010. The molecule has 0 unspecified atom stereocenters. The number of benzene rings is 1. The number of hydrogen-bond donors (Lipinski definition) is 0. The van der Waals surface area contributed by atoms with Crippen molar-refractivity contribution >= 4 is 11.6 Å². The van der Waals surface area contributed by atoms with E-state index in [4.69, 9.17) is 16.3 Å². The molecule has 1 aromatic heterocycles. The van der Waals surface area contributed by atoms with Crippen LogP contribution in [-0.2, 0) is 31.0 Å². The zero-order valence-electron chi connectivity index (χ0n) is 15.6. The van der Waals surface area contributed by atoms with E-state index in [9.17, 15) is 9.59 Å². The van der Waals surface area contributed by atoms with Crippen LogP contribution in [0.1, 0.15) is 30.7 Å². The SMILES string of the molecule is O=c1c(=O)n2c(nn1CC1CC1)CO[C@@]1(CCN(Cc3ccc(Cl)cc3)C1)C2. The summed E-state index contributed by atoms with van der Waals surface area (Å²) in [4.78, 5) is 27.5. The van der Waals surface area contributed by atoms with Crippen molar-refractivity contribution in [2.45, 2.75) is 51.1 Å². The van der Waals surface area contributed by atoms with Crippen LogP contribution in [0.5, 0.6) is 0 Å². The molecule has 1 spiro atoms. The van der Waals surface area contributed by atoms with Gasteiger partial charge >= 0.3 is 11.1 Å². The van der Waals surface area contributed by atoms with Crippen LogP contribution < -0.4 is 11.1 Å². The van der Waals surface area contributed by atoms with Gasteiger partial charge in [0, 0.05) is 31.2 Å². The average Bonchev–Trinajstić information content (AvgIpc) is 3.43. The van der Waals surface area contributed by atoms with Crippen molar-refractivity contribution in [3.8, 4) is 0 Å². The average molecular weight is 403 g/mol. The first-order valence-corrected chi connectivity index (χ1v) is 10.2. The van der Waals surface area contributed by atoms with Gasteiger partial charge in [0.05, 0.1) is 6.54 Å². The summed E-state index contributed by atoms with van der Waals surface area (Å²) < 4.78 is 9.09. The summed E-state index contributed by atoms with van der Waals surface area (Å²) in [6.45, 7) is 3.64. The number of ether oxygens (including phenoxy) is 1. The zero-order valence-corrected chi connectivity index (χ0v) is 16.4. The van der Waals surface area contributed by atoms with Crippen LogP contribution in [0.2, 0.25) is 5.02 Å². The molecule has 5 rings (SSSR count). The van der Waals surface area contributed by atoms with Gasteiger partial charge in [0.25, 0.3) is 0 Å².